The first-order valence-electron chi connectivity index (χ1n) is 10.3. The Bertz CT molecular complexity index is 615. The molecule has 170 valence electrons. The molecular weight excluding hydrogens is 401 g/mol. The van der Waals surface area contributed by atoms with Crippen molar-refractivity contribution in [1.82, 2.24) is 0 Å². The fourth-order valence-corrected chi connectivity index (χ4v) is 4.95. The molecule has 0 aromatic rings. The predicted octanol–water partition coefficient (Wildman–Crippen LogP) is 2.54. The summed E-state index contributed by atoms with van der Waals surface area (Å²) in [4.78, 5) is 22.8. The van der Waals surface area contributed by atoms with E-state index in [0.717, 1.165) is 0 Å². The number of ether oxygens (including phenoxy) is 3. The summed E-state index contributed by atoms with van der Waals surface area (Å²) in [6, 6.07) is 0. The van der Waals surface area contributed by atoms with Crippen LogP contribution in [-0.2, 0) is 32.6 Å². The van der Waals surface area contributed by atoms with Crippen molar-refractivity contribution in [2.75, 3.05) is 6.61 Å². The Balaban J connectivity index is 2.02. The number of phosphoric acid groups is 1. The molecule has 10 heteroatoms. The molecule has 0 amide bonds. The van der Waals surface area contributed by atoms with E-state index in [1.807, 2.05) is 34.6 Å². The first-order chi connectivity index (χ1) is 13.3. The van der Waals surface area contributed by atoms with Crippen LogP contribution in [0.5, 0.6) is 0 Å². The van der Waals surface area contributed by atoms with Gasteiger partial charge < -0.3 is 24.5 Å². The molecule has 2 aliphatic rings. The van der Waals surface area contributed by atoms with Crippen LogP contribution in [0.15, 0.2) is 0 Å². The minimum Gasteiger partial charge on any atom is -0.377 e. The number of hydrogen-bond donors (Lipinski definition) is 2. The molecule has 3 N–H and O–H groups in total. The van der Waals surface area contributed by atoms with Gasteiger partial charge in [0.25, 0.3) is 0 Å². The second-order valence-corrected chi connectivity index (χ2v) is 10.3. The van der Waals surface area contributed by atoms with E-state index >= 15 is 0 Å². The Morgan fingerprint density at radius 1 is 1.24 bits per heavy atom. The summed E-state index contributed by atoms with van der Waals surface area (Å²) in [6.45, 7) is 11.4. The molecule has 2 unspecified atom stereocenters. The third kappa shape index (κ3) is 6.99. The van der Waals surface area contributed by atoms with Crippen LogP contribution in [0.25, 0.3) is 0 Å². The average molecular weight is 437 g/mol. The molecule has 1 saturated carbocycles. The Kier molecular flexibility index (Phi) is 8.29. The van der Waals surface area contributed by atoms with Crippen molar-refractivity contribution in [3.8, 4) is 0 Å². The zero-order chi connectivity index (χ0) is 22.0. The molecule has 1 saturated heterocycles. The van der Waals surface area contributed by atoms with E-state index in [-0.39, 0.29) is 30.8 Å². The third-order valence-corrected chi connectivity index (χ3v) is 6.03. The SMILES string of the molecule is CC(C)OC[C@@]1(N)C[C@@H](C)C[C@H]1OP(=O)(O)OC(=O)[C@H]1O[C@@H](C)CC1OC(C)C. The summed E-state index contributed by atoms with van der Waals surface area (Å²) in [6.07, 6.45) is -1.25. The van der Waals surface area contributed by atoms with Gasteiger partial charge in [0.15, 0.2) is 6.10 Å². The summed E-state index contributed by atoms with van der Waals surface area (Å²) in [5.74, 6) is -0.794. The van der Waals surface area contributed by atoms with Gasteiger partial charge in [0.1, 0.15) is 0 Å². The zero-order valence-electron chi connectivity index (χ0n) is 18.2. The molecule has 0 aromatic carbocycles. The number of nitrogens with two attached hydrogens (primary N) is 1. The molecule has 0 radical (unpaired) electrons. The number of carbonyl (C=O) groups excluding carboxylic acids is 1. The second-order valence-electron chi connectivity index (χ2n) is 8.94. The highest BCUT2D eigenvalue weighted by molar-refractivity contribution is 7.48. The monoisotopic (exact) mass is 437 g/mol. The maximum atomic E-state index is 12.6. The maximum Gasteiger partial charge on any atom is 0.530 e. The topological polar surface area (TPSA) is 127 Å². The second kappa shape index (κ2) is 9.73. The van der Waals surface area contributed by atoms with E-state index in [9.17, 15) is 14.3 Å². The lowest BCUT2D eigenvalue weighted by Gasteiger charge is -2.32. The number of hydrogen-bond acceptors (Lipinski definition) is 8. The molecule has 7 atom stereocenters. The number of phosphoric ester groups is 1. The van der Waals surface area contributed by atoms with Crippen LogP contribution in [0.2, 0.25) is 0 Å². The summed E-state index contributed by atoms with van der Waals surface area (Å²) in [5, 5.41) is 0. The number of rotatable bonds is 9. The van der Waals surface area contributed by atoms with Crippen LogP contribution in [0.1, 0.15) is 60.8 Å². The Morgan fingerprint density at radius 3 is 2.48 bits per heavy atom. The predicted molar refractivity (Wildman–Crippen MR) is 106 cm³/mol. The van der Waals surface area contributed by atoms with Crippen LogP contribution < -0.4 is 5.73 Å². The van der Waals surface area contributed by atoms with Gasteiger partial charge in [-0.05, 0) is 53.4 Å². The molecule has 0 bridgehead atoms. The molecule has 2 rings (SSSR count). The molecule has 0 aromatic heterocycles. The van der Waals surface area contributed by atoms with Gasteiger partial charge in [-0.3, -0.25) is 9.42 Å². The van der Waals surface area contributed by atoms with Crippen molar-refractivity contribution < 1.29 is 37.5 Å². The van der Waals surface area contributed by atoms with Gasteiger partial charge in [0.2, 0.25) is 0 Å². The first-order valence-corrected chi connectivity index (χ1v) is 11.8. The Labute approximate surface area is 173 Å². The van der Waals surface area contributed by atoms with Crippen molar-refractivity contribution >= 4 is 13.8 Å². The van der Waals surface area contributed by atoms with Crippen LogP contribution in [0.3, 0.4) is 0 Å². The summed E-state index contributed by atoms with van der Waals surface area (Å²) in [7, 11) is -4.71. The molecule has 9 nitrogen and oxygen atoms in total. The Hall–Kier alpha value is -0.540. The molecule has 1 heterocycles. The normalized spacial score (nSPS) is 37.2. The molecule has 1 aliphatic carbocycles. The van der Waals surface area contributed by atoms with E-state index in [0.29, 0.717) is 19.3 Å². The van der Waals surface area contributed by atoms with Crippen LogP contribution in [0, 0.1) is 5.92 Å². The molecule has 1 aliphatic heterocycles. The van der Waals surface area contributed by atoms with Crippen LogP contribution in [0.4, 0.5) is 0 Å². The van der Waals surface area contributed by atoms with Crippen molar-refractivity contribution in [3.05, 3.63) is 0 Å². The molecular formula is C19H36NO8P. The standard InChI is InChI=1S/C19H36NO8P/c1-11(2)24-10-19(20)9-13(5)7-16(19)27-29(22,23)28-18(21)17-15(25-12(3)4)8-14(6)26-17/h11-17H,7-10,20H2,1-6H3,(H,22,23)/t13-,14-,15?,16+,17-,19-/m0/s1. The van der Waals surface area contributed by atoms with Crippen molar-refractivity contribution in [1.29, 1.82) is 0 Å². The van der Waals surface area contributed by atoms with E-state index in [1.165, 1.54) is 0 Å². The average Bonchev–Trinajstić information content (AvgIpc) is 3.03. The zero-order valence-corrected chi connectivity index (χ0v) is 19.1. The number of carbonyl (C=O) groups is 1. The van der Waals surface area contributed by atoms with Gasteiger partial charge in [-0.1, -0.05) is 6.92 Å². The smallest absolute Gasteiger partial charge is 0.377 e. The summed E-state index contributed by atoms with van der Waals surface area (Å²) in [5.41, 5.74) is 5.50. The minimum absolute atomic E-state index is 0.0369. The van der Waals surface area contributed by atoms with Gasteiger partial charge in [0, 0.05) is 6.42 Å². The van der Waals surface area contributed by atoms with Gasteiger partial charge in [-0.2, -0.15) is 0 Å². The van der Waals surface area contributed by atoms with Crippen LogP contribution >= 0.6 is 7.82 Å². The third-order valence-electron chi connectivity index (χ3n) is 5.10. The van der Waals surface area contributed by atoms with Gasteiger partial charge in [-0.25, -0.2) is 9.36 Å². The fraction of sp³-hybridized carbons (Fsp3) is 0.947. The van der Waals surface area contributed by atoms with Gasteiger partial charge in [-0.15, -0.1) is 0 Å². The fourth-order valence-electron chi connectivity index (χ4n) is 3.96. The summed E-state index contributed by atoms with van der Waals surface area (Å²) >= 11 is 0. The molecule has 29 heavy (non-hydrogen) atoms. The minimum atomic E-state index is -4.71. The Morgan fingerprint density at radius 2 is 1.90 bits per heavy atom. The van der Waals surface area contributed by atoms with Crippen LogP contribution in [-0.4, -0.2) is 59.6 Å². The van der Waals surface area contributed by atoms with Gasteiger partial charge in [0.05, 0.1) is 42.7 Å². The molecule has 2 fully saturated rings. The van der Waals surface area contributed by atoms with Crippen molar-refractivity contribution in [2.45, 2.75) is 103 Å². The van der Waals surface area contributed by atoms with E-state index in [1.54, 1.807) is 6.92 Å². The van der Waals surface area contributed by atoms with Gasteiger partial charge >= 0.3 is 13.8 Å². The lowest BCUT2D eigenvalue weighted by atomic mass is 9.97. The highest BCUT2D eigenvalue weighted by Gasteiger charge is 2.49. The quantitative estimate of drug-likeness (QED) is 0.523. The van der Waals surface area contributed by atoms with Crippen molar-refractivity contribution in [3.63, 3.8) is 0 Å². The lowest BCUT2D eigenvalue weighted by molar-refractivity contribution is -0.155. The highest BCUT2D eigenvalue weighted by atomic mass is 31.2. The maximum absolute atomic E-state index is 12.6. The summed E-state index contributed by atoms with van der Waals surface area (Å²) < 4.78 is 39.6. The molecule has 0 spiro atoms. The first kappa shape index (κ1) is 24.7. The largest absolute Gasteiger partial charge is 0.530 e. The van der Waals surface area contributed by atoms with E-state index < -0.39 is 37.6 Å². The lowest BCUT2D eigenvalue weighted by Crippen LogP contribution is -2.52. The highest BCUT2D eigenvalue weighted by Crippen LogP contribution is 2.50. The van der Waals surface area contributed by atoms with E-state index in [2.05, 4.69) is 0 Å². The van der Waals surface area contributed by atoms with E-state index in [4.69, 9.17) is 29.0 Å². The van der Waals surface area contributed by atoms with Crippen molar-refractivity contribution in [2.24, 2.45) is 11.7 Å².